The van der Waals surface area contributed by atoms with Crippen LogP contribution in [-0.2, 0) is 15.7 Å². The number of carbonyl (C=O) groups excluding carboxylic acids is 2. The summed E-state index contributed by atoms with van der Waals surface area (Å²) >= 11 is 0. The van der Waals surface area contributed by atoms with E-state index in [4.69, 9.17) is 0 Å². The average Bonchev–Trinajstić information content (AvgIpc) is 2.82. The number of ether oxygens (including phenoxy) is 1. The van der Waals surface area contributed by atoms with Gasteiger partial charge < -0.3 is 4.74 Å². The van der Waals surface area contributed by atoms with Gasteiger partial charge in [-0.2, -0.15) is 13.2 Å². The minimum absolute atomic E-state index is 0.151. The van der Waals surface area contributed by atoms with Gasteiger partial charge in [-0.25, -0.2) is 9.69 Å². The fraction of sp³-hybridized carbons (Fsp3) is 0.231. The number of alkyl halides is 3. The molecule has 0 unspecified atom stereocenters. The molecule has 0 spiro atoms. The number of carbonyl (C=O) groups is 2. The van der Waals surface area contributed by atoms with Crippen molar-refractivity contribution >= 4 is 18.1 Å². The van der Waals surface area contributed by atoms with Crippen LogP contribution in [0.15, 0.2) is 30.3 Å². The van der Waals surface area contributed by atoms with Crippen molar-refractivity contribution in [2.75, 3.05) is 13.2 Å². The van der Waals surface area contributed by atoms with E-state index >= 15 is 0 Å². The summed E-state index contributed by atoms with van der Waals surface area (Å²) in [6.45, 7) is 0.327. The SMILES string of the molecule is O=C(/C=C/c1ccc(C(F)(F)F)cc1)N1CCOC1=O. The van der Waals surface area contributed by atoms with Crippen LogP contribution >= 0.6 is 0 Å². The first-order valence-corrected chi connectivity index (χ1v) is 5.71. The minimum Gasteiger partial charge on any atom is -0.447 e. The third-order valence-electron chi connectivity index (χ3n) is 2.68. The Morgan fingerprint density at radius 3 is 2.40 bits per heavy atom. The van der Waals surface area contributed by atoms with Gasteiger partial charge in [-0.3, -0.25) is 4.79 Å². The van der Waals surface area contributed by atoms with E-state index in [1.165, 1.54) is 18.2 Å². The molecule has 20 heavy (non-hydrogen) atoms. The lowest BCUT2D eigenvalue weighted by molar-refractivity contribution is -0.137. The van der Waals surface area contributed by atoms with E-state index in [-0.39, 0.29) is 13.2 Å². The molecular formula is C13H10F3NO3. The maximum absolute atomic E-state index is 12.4. The Kier molecular flexibility index (Phi) is 3.78. The van der Waals surface area contributed by atoms with Crippen LogP contribution in [0.3, 0.4) is 0 Å². The van der Waals surface area contributed by atoms with Crippen molar-refractivity contribution in [2.45, 2.75) is 6.18 Å². The summed E-state index contributed by atoms with van der Waals surface area (Å²) in [5.41, 5.74) is -0.331. The van der Waals surface area contributed by atoms with Crippen molar-refractivity contribution in [1.82, 2.24) is 4.90 Å². The summed E-state index contributed by atoms with van der Waals surface area (Å²) in [6.07, 6.45) is -2.65. The standard InChI is InChI=1S/C13H10F3NO3/c14-13(15,16)10-4-1-9(2-5-10)3-6-11(18)17-7-8-20-12(17)19/h1-6H,7-8H2/b6-3+. The lowest BCUT2D eigenvalue weighted by Gasteiger charge is -2.07. The van der Waals surface area contributed by atoms with E-state index in [2.05, 4.69) is 4.74 Å². The third kappa shape index (κ3) is 3.17. The largest absolute Gasteiger partial charge is 0.447 e. The lowest BCUT2D eigenvalue weighted by atomic mass is 10.1. The molecule has 0 radical (unpaired) electrons. The monoisotopic (exact) mass is 285 g/mol. The van der Waals surface area contributed by atoms with Gasteiger partial charge in [0.2, 0.25) is 0 Å². The Morgan fingerprint density at radius 2 is 1.90 bits per heavy atom. The van der Waals surface area contributed by atoms with Crippen LogP contribution in [0, 0.1) is 0 Å². The molecule has 1 heterocycles. The van der Waals surface area contributed by atoms with Crippen molar-refractivity contribution in [3.05, 3.63) is 41.5 Å². The van der Waals surface area contributed by atoms with E-state index in [0.29, 0.717) is 5.56 Å². The van der Waals surface area contributed by atoms with Crippen molar-refractivity contribution in [3.8, 4) is 0 Å². The first kappa shape index (κ1) is 14.1. The van der Waals surface area contributed by atoms with Crippen LogP contribution in [0.5, 0.6) is 0 Å². The highest BCUT2D eigenvalue weighted by molar-refractivity contribution is 6.01. The predicted molar refractivity (Wildman–Crippen MR) is 63.5 cm³/mol. The lowest BCUT2D eigenvalue weighted by Crippen LogP contribution is -2.29. The fourth-order valence-corrected chi connectivity index (χ4v) is 1.63. The number of rotatable bonds is 2. The number of imide groups is 1. The maximum Gasteiger partial charge on any atom is 0.416 e. The van der Waals surface area contributed by atoms with Crippen LogP contribution in [0.1, 0.15) is 11.1 Å². The molecule has 2 rings (SSSR count). The molecule has 1 aliphatic rings. The van der Waals surface area contributed by atoms with Gasteiger partial charge in [-0.15, -0.1) is 0 Å². The van der Waals surface area contributed by atoms with Gasteiger partial charge in [0.25, 0.3) is 5.91 Å². The first-order chi connectivity index (χ1) is 9.38. The molecule has 1 aromatic carbocycles. The molecule has 0 atom stereocenters. The van der Waals surface area contributed by atoms with Gasteiger partial charge in [-0.05, 0) is 23.8 Å². The van der Waals surface area contributed by atoms with Gasteiger partial charge in [0.1, 0.15) is 6.61 Å². The summed E-state index contributed by atoms with van der Waals surface area (Å²) in [5.74, 6) is -0.563. The highest BCUT2D eigenvalue weighted by Crippen LogP contribution is 2.29. The summed E-state index contributed by atoms with van der Waals surface area (Å²) in [7, 11) is 0. The molecule has 0 aliphatic carbocycles. The second-order valence-electron chi connectivity index (χ2n) is 4.06. The van der Waals surface area contributed by atoms with Crippen molar-refractivity contribution in [2.24, 2.45) is 0 Å². The van der Waals surface area contributed by atoms with E-state index in [9.17, 15) is 22.8 Å². The van der Waals surface area contributed by atoms with Crippen LogP contribution in [-0.4, -0.2) is 30.1 Å². The highest BCUT2D eigenvalue weighted by atomic mass is 19.4. The molecule has 106 valence electrons. The van der Waals surface area contributed by atoms with E-state index < -0.39 is 23.7 Å². The van der Waals surface area contributed by atoms with Crippen molar-refractivity contribution in [1.29, 1.82) is 0 Å². The molecule has 0 aromatic heterocycles. The third-order valence-corrected chi connectivity index (χ3v) is 2.68. The summed E-state index contributed by atoms with van der Waals surface area (Å²) in [6, 6.07) is 4.34. The van der Waals surface area contributed by atoms with Gasteiger partial charge >= 0.3 is 12.3 Å². The second-order valence-corrected chi connectivity index (χ2v) is 4.06. The molecule has 4 nitrogen and oxygen atoms in total. The molecule has 1 aliphatic heterocycles. The molecular weight excluding hydrogens is 275 g/mol. The number of nitrogens with zero attached hydrogens (tertiary/aromatic N) is 1. The molecule has 1 aromatic rings. The zero-order valence-electron chi connectivity index (χ0n) is 10.2. The van der Waals surface area contributed by atoms with Crippen LogP contribution in [0.4, 0.5) is 18.0 Å². The Balaban J connectivity index is 2.04. The van der Waals surface area contributed by atoms with Crippen LogP contribution < -0.4 is 0 Å². The van der Waals surface area contributed by atoms with E-state index in [1.807, 2.05) is 0 Å². The van der Waals surface area contributed by atoms with Crippen molar-refractivity contribution < 1.29 is 27.5 Å². The maximum atomic E-state index is 12.4. The number of cyclic esters (lactones) is 1. The Hall–Kier alpha value is -2.31. The molecule has 0 N–H and O–H groups in total. The van der Waals surface area contributed by atoms with Gasteiger partial charge in [0, 0.05) is 6.08 Å². The minimum atomic E-state index is -4.39. The van der Waals surface area contributed by atoms with E-state index in [1.54, 1.807) is 0 Å². The van der Waals surface area contributed by atoms with Crippen LogP contribution in [0.25, 0.3) is 6.08 Å². The predicted octanol–water partition coefficient (Wildman–Crippen LogP) is 2.70. The normalized spacial score (nSPS) is 15.8. The average molecular weight is 285 g/mol. The number of benzene rings is 1. The van der Waals surface area contributed by atoms with Gasteiger partial charge in [0.05, 0.1) is 12.1 Å². The van der Waals surface area contributed by atoms with Crippen molar-refractivity contribution in [3.63, 3.8) is 0 Å². The molecule has 2 amide bonds. The number of hydrogen-bond acceptors (Lipinski definition) is 3. The molecule has 0 bridgehead atoms. The zero-order chi connectivity index (χ0) is 14.8. The number of hydrogen-bond donors (Lipinski definition) is 0. The molecule has 0 saturated carbocycles. The summed E-state index contributed by atoms with van der Waals surface area (Å²) in [4.78, 5) is 23.6. The highest BCUT2D eigenvalue weighted by Gasteiger charge is 2.30. The molecule has 1 fully saturated rings. The molecule has 7 heteroatoms. The van der Waals surface area contributed by atoms with E-state index in [0.717, 1.165) is 23.1 Å². The topological polar surface area (TPSA) is 46.6 Å². The molecule has 1 saturated heterocycles. The Morgan fingerprint density at radius 1 is 1.25 bits per heavy atom. The van der Waals surface area contributed by atoms with Crippen LogP contribution in [0.2, 0.25) is 0 Å². The number of halogens is 3. The summed E-state index contributed by atoms with van der Waals surface area (Å²) in [5, 5.41) is 0. The smallest absolute Gasteiger partial charge is 0.416 e. The fourth-order valence-electron chi connectivity index (χ4n) is 1.63. The van der Waals surface area contributed by atoms with Gasteiger partial charge in [-0.1, -0.05) is 12.1 Å². The quantitative estimate of drug-likeness (QED) is 0.785. The first-order valence-electron chi connectivity index (χ1n) is 5.71. The van der Waals surface area contributed by atoms with Gasteiger partial charge in [0.15, 0.2) is 0 Å². The number of amides is 2. The summed E-state index contributed by atoms with van der Waals surface area (Å²) < 4.78 is 41.7. The zero-order valence-corrected chi connectivity index (χ0v) is 10.2. The Bertz CT molecular complexity index is 549. The second kappa shape index (κ2) is 5.36. The Labute approximate surface area is 112 Å².